The summed E-state index contributed by atoms with van der Waals surface area (Å²) >= 11 is 3.38. The first kappa shape index (κ1) is 11.5. The average Bonchev–Trinajstić information content (AvgIpc) is 2.80. The van der Waals surface area contributed by atoms with Crippen molar-refractivity contribution in [3.8, 4) is 0 Å². The smallest absolute Gasteiger partial charge is 0.228 e. The van der Waals surface area contributed by atoms with Crippen LogP contribution >= 0.6 is 15.9 Å². The second kappa shape index (κ2) is 3.77. The Bertz CT molecular complexity index is 443. The SMILES string of the molecule is CC1(C)CC1C(=O)Nc1ccc(N)cc1Br. The lowest BCUT2D eigenvalue weighted by atomic mass is 10.1. The Morgan fingerprint density at radius 2 is 2.19 bits per heavy atom. The number of halogens is 1. The summed E-state index contributed by atoms with van der Waals surface area (Å²) in [6.07, 6.45) is 0.964. The molecule has 0 radical (unpaired) electrons. The number of hydrogen-bond donors (Lipinski definition) is 2. The van der Waals surface area contributed by atoms with Crippen molar-refractivity contribution in [2.75, 3.05) is 11.1 Å². The highest BCUT2D eigenvalue weighted by molar-refractivity contribution is 9.10. The van der Waals surface area contributed by atoms with E-state index in [0.717, 1.165) is 16.6 Å². The van der Waals surface area contributed by atoms with Gasteiger partial charge in [0.1, 0.15) is 0 Å². The molecule has 0 bridgehead atoms. The molecule has 1 aromatic carbocycles. The van der Waals surface area contributed by atoms with Crippen molar-refractivity contribution in [2.24, 2.45) is 11.3 Å². The molecule has 1 saturated carbocycles. The molecule has 1 fully saturated rings. The van der Waals surface area contributed by atoms with Gasteiger partial charge in [0.25, 0.3) is 0 Å². The summed E-state index contributed by atoms with van der Waals surface area (Å²) in [5, 5.41) is 2.91. The van der Waals surface area contributed by atoms with Crippen LogP contribution in [0.25, 0.3) is 0 Å². The zero-order valence-corrected chi connectivity index (χ0v) is 11.0. The first-order chi connectivity index (χ1) is 7.40. The van der Waals surface area contributed by atoms with Gasteiger partial charge in [-0.1, -0.05) is 13.8 Å². The molecule has 16 heavy (non-hydrogen) atoms. The normalized spacial score (nSPS) is 21.6. The Balaban J connectivity index is 2.07. The zero-order chi connectivity index (χ0) is 11.9. The highest BCUT2D eigenvalue weighted by atomic mass is 79.9. The van der Waals surface area contributed by atoms with E-state index >= 15 is 0 Å². The molecule has 4 heteroatoms. The lowest BCUT2D eigenvalue weighted by Crippen LogP contribution is -2.16. The van der Waals surface area contributed by atoms with E-state index in [-0.39, 0.29) is 17.2 Å². The molecule has 3 nitrogen and oxygen atoms in total. The molecule has 0 aromatic heterocycles. The van der Waals surface area contributed by atoms with E-state index in [9.17, 15) is 4.79 Å². The summed E-state index contributed by atoms with van der Waals surface area (Å²) in [7, 11) is 0. The van der Waals surface area contributed by atoms with Crippen LogP contribution in [0.3, 0.4) is 0 Å². The van der Waals surface area contributed by atoms with E-state index in [0.29, 0.717) is 5.69 Å². The number of nitrogen functional groups attached to an aromatic ring is 1. The van der Waals surface area contributed by atoms with Crippen LogP contribution in [0.1, 0.15) is 20.3 Å². The Kier molecular flexibility index (Phi) is 2.70. The summed E-state index contributed by atoms with van der Waals surface area (Å²) in [6.45, 7) is 4.21. The molecular formula is C12H15BrN2O. The van der Waals surface area contributed by atoms with Gasteiger partial charge in [0.05, 0.1) is 5.69 Å². The van der Waals surface area contributed by atoms with Gasteiger partial charge in [0.2, 0.25) is 5.91 Å². The third kappa shape index (κ3) is 2.21. The largest absolute Gasteiger partial charge is 0.399 e. The Morgan fingerprint density at radius 3 is 2.69 bits per heavy atom. The average molecular weight is 283 g/mol. The van der Waals surface area contributed by atoms with Crippen LogP contribution in [0.5, 0.6) is 0 Å². The molecule has 1 aliphatic carbocycles. The fraction of sp³-hybridized carbons (Fsp3) is 0.417. The quantitative estimate of drug-likeness (QED) is 0.820. The molecule has 1 unspecified atom stereocenters. The maximum absolute atomic E-state index is 11.9. The Hall–Kier alpha value is -1.03. The van der Waals surface area contributed by atoms with Crippen molar-refractivity contribution < 1.29 is 4.79 Å². The minimum Gasteiger partial charge on any atom is -0.399 e. The number of benzene rings is 1. The number of nitrogens with one attached hydrogen (secondary N) is 1. The third-order valence-corrected chi connectivity index (χ3v) is 3.74. The van der Waals surface area contributed by atoms with Gasteiger partial charge in [-0.3, -0.25) is 4.79 Å². The van der Waals surface area contributed by atoms with Crippen molar-refractivity contribution in [1.82, 2.24) is 0 Å². The van der Waals surface area contributed by atoms with Crippen molar-refractivity contribution in [1.29, 1.82) is 0 Å². The lowest BCUT2D eigenvalue weighted by molar-refractivity contribution is -0.118. The summed E-state index contributed by atoms with van der Waals surface area (Å²) in [6, 6.07) is 5.37. The van der Waals surface area contributed by atoms with E-state index < -0.39 is 0 Å². The Labute approximate surface area is 104 Å². The van der Waals surface area contributed by atoms with E-state index in [2.05, 4.69) is 35.1 Å². The van der Waals surface area contributed by atoms with Gasteiger partial charge >= 0.3 is 0 Å². The monoisotopic (exact) mass is 282 g/mol. The molecule has 0 heterocycles. The van der Waals surface area contributed by atoms with Gasteiger partial charge in [-0.2, -0.15) is 0 Å². The molecule has 1 atom stereocenters. The third-order valence-electron chi connectivity index (χ3n) is 3.08. The number of carbonyl (C=O) groups excluding carboxylic acids is 1. The molecular weight excluding hydrogens is 268 g/mol. The summed E-state index contributed by atoms with van der Waals surface area (Å²) in [5.74, 6) is 0.229. The van der Waals surface area contributed by atoms with Gasteiger partial charge < -0.3 is 11.1 Å². The molecule has 86 valence electrons. The fourth-order valence-electron chi connectivity index (χ4n) is 1.77. The molecule has 0 spiro atoms. The van der Waals surface area contributed by atoms with Crippen LogP contribution in [0, 0.1) is 11.3 Å². The van der Waals surface area contributed by atoms with Crippen LogP contribution < -0.4 is 11.1 Å². The highest BCUT2D eigenvalue weighted by Crippen LogP contribution is 2.52. The van der Waals surface area contributed by atoms with Gasteiger partial charge in [0.15, 0.2) is 0 Å². The molecule has 1 amide bonds. The summed E-state index contributed by atoms with van der Waals surface area (Å²) in [5.41, 5.74) is 7.24. The number of nitrogens with two attached hydrogens (primary N) is 1. The molecule has 0 aliphatic heterocycles. The van der Waals surface area contributed by atoms with Crippen LogP contribution in [-0.2, 0) is 4.79 Å². The van der Waals surface area contributed by atoms with Crippen molar-refractivity contribution in [2.45, 2.75) is 20.3 Å². The van der Waals surface area contributed by atoms with Crippen molar-refractivity contribution in [3.63, 3.8) is 0 Å². The first-order valence-electron chi connectivity index (χ1n) is 5.26. The summed E-state index contributed by atoms with van der Waals surface area (Å²) < 4.78 is 0.819. The highest BCUT2D eigenvalue weighted by Gasteiger charge is 2.50. The van der Waals surface area contributed by atoms with Gasteiger partial charge in [-0.05, 0) is 46.0 Å². The van der Waals surface area contributed by atoms with Crippen molar-refractivity contribution >= 4 is 33.2 Å². The minimum atomic E-state index is 0.0930. The molecule has 0 saturated heterocycles. The second-order valence-corrected chi connectivity index (χ2v) is 5.83. The summed E-state index contributed by atoms with van der Waals surface area (Å²) in [4.78, 5) is 11.9. The predicted octanol–water partition coefficient (Wildman–Crippen LogP) is 3.02. The topological polar surface area (TPSA) is 55.1 Å². The minimum absolute atomic E-state index is 0.0930. The maximum atomic E-state index is 11.9. The molecule has 1 aliphatic rings. The molecule has 1 aromatic rings. The van der Waals surface area contributed by atoms with Gasteiger partial charge in [0, 0.05) is 16.1 Å². The number of hydrogen-bond acceptors (Lipinski definition) is 2. The van der Waals surface area contributed by atoms with Crippen LogP contribution in [-0.4, -0.2) is 5.91 Å². The first-order valence-corrected chi connectivity index (χ1v) is 6.05. The number of amides is 1. The van der Waals surface area contributed by atoms with Gasteiger partial charge in [-0.25, -0.2) is 0 Å². The van der Waals surface area contributed by atoms with Crippen molar-refractivity contribution in [3.05, 3.63) is 22.7 Å². The lowest BCUT2D eigenvalue weighted by Gasteiger charge is -2.08. The maximum Gasteiger partial charge on any atom is 0.228 e. The van der Waals surface area contributed by atoms with Gasteiger partial charge in [-0.15, -0.1) is 0 Å². The van der Waals surface area contributed by atoms with Crippen LogP contribution in [0.15, 0.2) is 22.7 Å². The number of carbonyl (C=O) groups is 1. The fourth-order valence-corrected chi connectivity index (χ4v) is 2.26. The van der Waals surface area contributed by atoms with E-state index in [1.54, 1.807) is 12.1 Å². The standard InChI is InChI=1S/C12H15BrN2O/c1-12(2)6-8(12)11(16)15-10-4-3-7(14)5-9(10)13/h3-5,8H,6,14H2,1-2H3,(H,15,16). The second-order valence-electron chi connectivity index (χ2n) is 4.97. The molecule has 3 N–H and O–H groups in total. The van der Waals surface area contributed by atoms with E-state index in [1.165, 1.54) is 0 Å². The number of anilines is 2. The van der Waals surface area contributed by atoms with Crippen LogP contribution in [0.2, 0.25) is 0 Å². The van der Waals surface area contributed by atoms with E-state index in [1.807, 2.05) is 6.07 Å². The number of rotatable bonds is 2. The van der Waals surface area contributed by atoms with Crippen LogP contribution in [0.4, 0.5) is 11.4 Å². The molecule has 2 rings (SSSR count). The van der Waals surface area contributed by atoms with E-state index in [4.69, 9.17) is 5.73 Å². The Morgan fingerprint density at radius 1 is 1.56 bits per heavy atom. The zero-order valence-electron chi connectivity index (χ0n) is 9.38. The predicted molar refractivity (Wildman–Crippen MR) is 69.1 cm³/mol.